The van der Waals surface area contributed by atoms with E-state index < -0.39 is 0 Å². The average molecular weight is 271 g/mol. The number of hydrogen-bond donors (Lipinski definition) is 0. The summed E-state index contributed by atoms with van der Waals surface area (Å²) >= 11 is 6.39. The maximum Gasteiger partial charge on any atom is 0.160 e. The molecule has 0 spiro atoms. The first-order valence-corrected chi connectivity index (χ1v) is 7.43. The number of rotatable bonds is 4. The summed E-state index contributed by atoms with van der Waals surface area (Å²) in [6.45, 7) is 3.14. The number of nitrogens with zero attached hydrogens (tertiary/aromatic N) is 2. The zero-order chi connectivity index (χ0) is 13.0. The zero-order valence-corrected chi connectivity index (χ0v) is 12.1. The van der Waals surface area contributed by atoms with Gasteiger partial charge in [0, 0.05) is 17.8 Å². The van der Waals surface area contributed by atoms with E-state index in [0.29, 0.717) is 11.3 Å². The van der Waals surface area contributed by atoms with Gasteiger partial charge >= 0.3 is 0 Å². The van der Waals surface area contributed by atoms with Crippen LogP contribution in [-0.2, 0) is 6.54 Å². The fourth-order valence-corrected chi connectivity index (χ4v) is 3.26. The first kappa shape index (κ1) is 13.7. The minimum absolute atomic E-state index is 0.298. The van der Waals surface area contributed by atoms with Crippen LogP contribution in [0.3, 0.4) is 0 Å². The molecule has 3 nitrogen and oxygen atoms in total. The summed E-state index contributed by atoms with van der Waals surface area (Å²) in [6.07, 6.45) is 8.84. The van der Waals surface area contributed by atoms with Crippen molar-refractivity contribution < 1.29 is 4.74 Å². The average Bonchev–Trinajstić information content (AvgIpc) is 2.64. The van der Waals surface area contributed by atoms with Crippen molar-refractivity contribution in [2.24, 2.45) is 0 Å². The third-order valence-electron chi connectivity index (χ3n) is 3.75. The number of aryl methyl sites for hydroxylation is 1. The molecule has 0 aliphatic heterocycles. The Morgan fingerprint density at radius 3 is 2.94 bits per heavy atom. The molecule has 1 saturated carbocycles. The number of aromatic nitrogens is 2. The highest BCUT2D eigenvalue weighted by Crippen LogP contribution is 2.38. The van der Waals surface area contributed by atoms with Gasteiger partial charge in [0.25, 0.3) is 0 Å². The van der Waals surface area contributed by atoms with Crippen LogP contribution < -0.4 is 4.74 Å². The van der Waals surface area contributed by atoms with E-state index in [1.54, 1.807) is 7.11 Å². The van der Waals surface area contributed by atoms with Crippen molar-refractivity contribution in [3.8, 4) is 5.75 Å². The molecule has 1 aromatic heterocycles. The summed E-state index contributed by atoms with van der Waals surface area (Å²) < 4.78 is 7.58. The molecule has 18 heavy (non-hydrogen) atoms. The lowest BCUT2D eigenvalue weighted by Gasteiger charge is -2.19. The lowest BCUT2D eigenvalue weighted by Crippen LogP contribution is -2.12. The van der Waals surface area contributed by atoms with Crippen LogP contribution in [0.4, 0.5) is 0 Å². The van der Waals surface area contributed by atoms with Crippen LogP contribution in [0.1, 0.15) is 57.1 Å². The van der Waals surface area contributed by atoms with Crippen LogP contribution in [0, 0.1) is 0 Å². The standard InChI is InChI=1S/C14H23ClN2O/c1-3-8-17-14(13(18-2)10-16-17)11-6-4-5-7-12(15)9-11/h10-12H,3-9H2,1-2H3. The molecule has 2 rings (SSSR count). The molecule has 0 amide bonds. The predicted molar refractivity (Wildman–Crippen MR) is 74.5 cm³/mol. The Labute approximate surface area is 114 Å². The van der Waals surface area contributed by atoms with Crippen molar-refractivity contribution in [1.29, 1.82) is 0 Å². The zero-order valence-electron chi connectivity index (χ0n) is 11.4. The first-order valence-electron chi connectivity index (χ1n) is 7.00. The molecule has 4 heteroatoms. The molecule has 0 N–H and O–H groups in total. The number of methoxy groups -OCH3 is 1. The van der Waals surface area contributed by atoms with Crippen LogP contribution in [0.25, 0.3) is 0 Å². The van der Waals surface area contributed by atoms with Gasteiger partial charge in [-0.25, -0.2) is 0 Å². The maximum atomic E-state index is 6.39. The van der Waals surface area contributed by atoms with Crippen LogP contribution in [-0.4, -0.2) is 22.3 Å². The molecule has 2 unspecified atom stereocenters. The third kappa shape index (κ3) is 3.00. The van der Waals surface area contributed by atoms with E-state index in [9.17, 15) is 0 Å². The van der Waals surface area contributed by atoms with Crippen LogP contribution in [0.5, 0.6) is 5.75 Å². The van der Waals surface area contributed by atoms with E-state index in [-0.39, 0.29) is 0 Å². The number of halogens is 1. The minimum Gasteiger partial charge on any atom is -0.493 e. The molecule has 1 aliphatic carbocycles. The highest BCUT2D eigenvalue weighted by Gasteiger charge is 2.26. The minimum atomic E-state index is 0.298. The molecule has 1 heterocycles. The highest BCUT2D eigenvalue weighted by atomic mass is 35.5. The van der Waals surface area contributed by atoms with E-state index in [2.05, 4.69) is 16.7 Å². The van der Waals surface area contributed by atoms with Gasteiger partial charge in [0.15, 0.2) is 5.75 Å². The quantitative estimate of drug-likeness (QED) is 0.612. The largest absolute Gasteiger partial charge is 0.493 e. The fourth-order valence-electron chi connectivity index (χ4n) is 2.89. The number of ether oxygens (including phenoxy) is 1. The van der Waals surface area contributed by atoms with E-state index in [4.69, 9.17) is 16.3 Å². The van der Waals surface area contributed by atoms with Gasteiger partial charge in [-0.05, 0) is 25.7 Å². The molecule has 1 aliphatic rings. The monoisotopic (exact) mass is 270 g/mol. The lowest BCUT2D eigenvalue weighted by molar-refractivity contribution is 0.395. The molecule has 102 valence electrons. The second kappa shape index (κ2) is 6.46. The van der Waals surface area contributed by atoms with Crippen LogP contribution >= 0.6 is 11.6 Å². The summed E-state index contributed by atoms with van der Waals surface area (Å²) in [5.74, 6) is 1.43. The molecule has 0 bridgehead atoms. The summed E-state index contributed by atoms with van der Waals surface area (Å²) in [7, 11) is 1.73. The Kier molecular flexibility index (Phi) is 4.93. The van der Waals surface area contributed by atoms with Crippen molar-refractivity contribution in [1.82, 2.24) is 9.78 Å². The Morgan fingerprint density at radius 2 is 2.22 bits per heavy atom. The van der Waals surface area contributed by atoms with Gasteiger partial charge in [0.2, 0.25) is 0 Å². The van der Waals surface area contributed by atoms with E-state index in [1.165, 1.54) is 25.0 Å². The van der Waals surface area contributed by atoms with Gasteiger partial charge in [0.1, 0.15) is 0 Å². The molecular weight excluding hydrogens is 248 g/mol. The van der Waals surface area contributed by atoms with Crippen molar-refractivity contribution in [3.63, 3.8) is 0 Å². The van der Waals surface area contributed by atoms with E-state index in [0.717, 1.165) is 31.6 Å². The van der Waals surface area contributed by atoms with Gasteiger partial charge < -0.3 is 4.74 Å². The number of hydrogen-bond acceptors (Lipinski definition) is 2. The Balaban J connectivity index is 2.25. The normalized spacial score (nSPS) is 24.8. The summed E-state index contributed by atoms with van der Waals surface area (Å²) in [4.78, 5) is 0. The molecule has 0 saturated heterocycles. The SMILES string of the molecule is CCCn1ncc(OC)c1C1CCCCC(Cl)C1. The second-order valence-corrected chi connectivity index (χ2v) is 5.75. The molecular formula is C14H23ClN2O. The van der Waals surface area contributed by atoms with Crippen molar-refractivity contribution in [3.05, 3.63) is 11.9 Å². The Hall–Kier alpha value is -0.700. The second-order valence-electron chi connectivity index (χ2n) is 5.14. The van der Waals surface area contributed by atoms with E-state index in [1.807, 2.05) is 6.20 Å². The predicted octanol–water partition coefficient (Wildman–Crippen LogP) is 3.96. The molecule has 0 radical (unpaired) electrons. The van der Waals surface area contributed by atoms with Crippen molar-refractivity contribution >= 4 is 11.6 Å². The van der Waals surface area contributed by atoms with Crippen LogP contribution in [0.2, 0.25) is 0 Å². The Bertz CT molecular complexity index is 378. The van der Waals surface area contributed by atoms with Gasteiger partial charge in [-0.2, -0.15) is 5.10 Å². The van der Waals surface area contributed by atoms with Gasteiger partial charge in [0.05, 0.1) is 19.0 Å². The highest BCUT2D eigenvalue weighted by molar-refractivity contribution is 6.20. The molecule has 1 fully saturated rings. The summed E-state index contributed by atoms with van der Waals surface area (Å²) in [6, 6.07) is 0. The van der Waals surface area contributed by atoms with Gasteiger partial charge in [-0.15, -0.1) is 11.6 Å². The van der Waals surface area contributed by atoms with Gasteiger partial charge in [-0.3, -0.25) is 4.68 Å². The topological polar surface area (TPSA) is 27.1 Å². The smallest absolute Gasteiger partial charge is 0.160 e. The fraction of sp³-hybridized carbons (Fsp3) is 0.786. The van der Waals surface area contributed by atoms with Crippen molar-refractivity contribution in [2.75, 3.05) is 7.11 Å². The van der Waals surface area contributed by atoms with E-state index >= 15 is 0 Å². The lowest BCUT2D eigenvalue weighted by atomic mass is 9.95. The molecule has 0 aromatic carbocycles. The first-order chi connectivity index (χ1) is 8.76. The van der Waals surface area contributed by atoms with Crippen LogP contribution in [0.15, 0.2) is 6.20 Å². The third-order valence-corrected chi connectivity index (χ3v) is 4.14. The Morgan fingerprint density at radius 1 is 1.44 bits per heavy atom. The summed E-state index contributed by atoms with van der Waals surface area (Å²) in [5, 5.41) is 4.75. The van der Waals surface area contributed by atoms with Crippen molar-refractivity contribution in [2.45, 2.75) is 63.3 Å². The summed E-state index contributed by atoms with van der Waals surface area (Å²) in [5.41, 5.74) is 1.26. The van der Waals surface area contributed by atoms with Gasteiger partial charge in [-0.1, -0.05) is 19.8 Å². The number of alkyl halides is 1. The maximum absolute atomic E-state index is 6.39. The molecule has 1 aromatic rings. The molecule has 2 atom stereocenters.